The van der Waals surface area contributed by atoms with Crippen molar-refractivity contribution in [3.05, 3.63) is 58.7 Å². The van der Waals surface area contributed by atoms with E-state index in [0.717, 1.165) is 30.8 Å². The minimum Gasteiger partial charge on any atom is -0.493 e. The summed E-state index contributed by atoms with van der Waals surface area (Å²) >= 11 is 0. The maximum atomic E-state index is 12.2. The van der Waals surface area contributed by atoms with Crippen molar-refractivity contribution in [2.24, 2.45) is 0 Å². The maximum absolute atomic E-state index is 12.2. The van der Waals surface area contributed by atoms with Crippen molar-refractivity contribution in [2.45, 2.75) is 38.9 Å². The summed E-state index contributed by atoms with van der Waals surface area (Å²) in [4.78, 5) is 14.7. The summed E-state index contributed by atoms with van der Waals surface area (Å²) in [5, 5.41) is 3.10. The predicted molar refractivity (Wildman–Crippen MR) is 117 cm³/mol. The van der Waals surface area contributed by atoms with E-state index >= 15 is 0 Å². The second-order valence-electron chi connectivity index (χ2n) is 7.85. The first-order valence-electron chi connectivity index (χ1n) is 10.3. The zero-order valence-corrected chi connectivity index (χ0v) is 18.5. The zero-order chi connectivity index (χ0) is 21.7. The number of aryl methyl sites for hydroxylation is 1. The number of benzene rings is 2. The van der Waals surface area contributed by atoms with E-state index in [4.69, 9.17) is 14.2 Å². The lowest BCUT2D eigenvalue weighted by Crippen LogP contribution is -2.48. The molecule has 0 unspecified atom stereocenters. The highest BCUT2D eigenvalue weighted by Gasteiger charge is 2.33. The molecule has 2 atom stereocenters. The van der Waals surface area contributed by atoms with E-state index in [0.29, 0.717) is 5.75 Å². The van der Waals surface area contributed by atoms with Gasteiger partial charge in [0.2, 0.25) is 5.91 Å². The van der Waals surface area contributed by atoms with Gasteiger partial charge in [0.15, 0.2) is 11.5 Å². The Hall–Kier alpha value is -2.57. The van der Waals surface area contributed by atoms with Gasteiger partial charge in [0.25, 0.3) is 0 Å². The number of hydrogen-bond acceptors (Lipinski definition) is 5. The molecule has 162 valence electrons. The summed E-state index contributed by atoms with van der Waals surface area (Å²) in [6.45, 7) is 5.89. The third kappa shape index (κ3) is 4.94. The fourth-order valence-corrected chi connectivity index (χ4v) is 4.23. The van der Waals surface area contributed by atoms with Crippen LogP contribution < -0.4 is 14.8 Å². The average molecular weight is 413 g/mol. The summed E-state index contributed by atoms with van der Waals surface area (Å²) in [6.07, 6.45) is 0.913. The van der Waals surface area contributed by atoms with Crippen LogP contribution in [0.25, 0.3) is 0 Å². The summed E-state index contributed by atoms with van der Waals surface area (Å²) < 4.78 is 16.1. The highest BCUT2D eigenvalue weighted by molar-refractivity contribution is 5.77. The number of hydrogen-bond donors (Lipinski definition) is 1. The van der Waals surface area contributed by atoms with Crippen LogP contribution in [-0.2, 0) is 22.5 Å². The lowest BCUT2D eigenvalue weighted by molar-refractivity contribution is -0.125. The molecule has 1 N–H and O–H groups in total. The molecular formula is C24H32N2O4. The first-order chi connectivity index (χ1) is 14.5. The monoisotopic (exact) mass is 412 g/mol. The number of amides is 1. The third-order valence-electron chi connectivity index (χ3n) is 5.67. The zero-order valence-electron chi connectivity index (χ0n) is 18.5. The standard InChI is InChI=1S/C24H32N2O4/c1-16-6-8-18(9-7-16)14-26-11-10-19-12-21(29-4)22(30-5)13-20(19)24(26)17(2)25-23(27)15-28-3/h6-9,12-13,17,24H,10-11,14-15H2,1-5H3,(H,25,27)/t17-,24+/m0/s1. The van der Waals surface area contributed by atoms with Gasteiger partial charge >= 0.3 is 0 Å². The van der Waals surface area contributed by atoms with Crippen LogP contribution in [0.4, 0.5) is 0 Å². The van der Waals surface area contributed by atoms with Crippen LogP contribution in [0.2, 0.25) is 0 Å². The highest BCUT2D eigenvalue weighted by Crippen LogP contribution is 2.40. The van der Waals surface area contributed by atoms with Crippen molar-refractivity contribution in [3.8, 4) is 11.5 Å². The first kappa shape index (κ1) is 22.1. The van der Waals surface area contributed by atoms with Gasteiger partial charge in [0.05, 0.1) is 20.3 Å². The molecule has 1 heterocycles. The Kier molecular flexibility index (Phi) is 7.34. The van der Waals surface area contributed by atoms with Gasteiger partial charge in [-0.3, -0.25) is 9.69 Å². The molecule has 0 aliphatic carbocycles. The van der Waals surface area contributed by atoms with Gasteiger partial charge in [-0.15, -0.1) is 0 Å². The Labute approximate surface area is 179 Å². The van der Waals surface area contributed by atoms with Crippen molar-refractivity contribution >= 4 is 5.91 Å². The van der Waals surface area contributed by atoms with Crippen molar-refractivity contribution in [3.63, 3.8) is 0 Å². The van der Waals surface area contributed by atoms with Crippen molar-refractivity contribution in [1.29, 1.82) is 0 Å². The summed E-state index contributed by atoms with van der Waals surface area (Å²) in [5.41, 5.74) is 4.89. The molecule has 0 bridgehead atoms. The number of nitrogens with zero attached hydrogens (tertiary/aromatic N) is 1. The Morgan fingerprint density at radius 2 is 1.80 bits per heavy atom. The quantitative estimate of drug-likeness (QED) is 0.721. The maximum Gasteiger partial charge on any atom is 0.246 e. The molecule has 0 aromatic heterocycles. The third-order valence-corrected chi connectivity index (χ3v) is 5.67. The lowest BCUT2D eigenvalue weighted by atomic mass is 9.87. The molecule has 0 radical (unpaired) electrons. The Morgan fingerprint density at radius 1 is 1.13 bits per heavy atom. The van der Waals surface area contributed by atoms with Gasteiger partial charge in [0, 0.05) is 26.2 Å². The second-order valence-corrected chi connectivity index (χ2v) is 7.85. The molecule has 1 aliphatic rings. The van der Waals surface area contributed by atoms with Gasteiger partial charge in [-0.05, 0) is 49.1 Å². The first-order valence-corrected chi connectivity index (χ1v) is 10.3. The second kappa shape index (κ2) is 9.96. The summed E-state index contributed by atoms with van der Waals surface area (Å²) in [7, 11) is 4.83. The molecule has 0 saturated carbocycles. The fourth-order valence-electron chi connectivity index (χ4n) is 4.23. The van der Waals surface area contributed by atoms with E-state index < -0.39 is 0 Å². The molecule has 3 rings (SSSR count). The van der Waals surface area contributed by atoms with Gasteiger partial charge < -0.3 is 19.5 Å². The molecule has 6 heteroatoms. The Balaban J connectivity index is 1.96. The van der Waals surface area contributed by atoms with Crippen LogP contribution in [0.15, 0.2) is 36.4 Å². The molecule has 0 fully saturated rings. The summed E-state index contributed by atoms with van der Waals surface area (Å²) in [5.74, 6) is 1.32. The van der Waals surface area contributed by atoms with E-state index in [1.54, 1.807) is 14.2 Å². The van der Waals surface area contributed by atoms with E-state index in [9.17, 15) is 4.79 Å². The van der Waals surface area contributed by atoms with Crippen LogP contribution in [0.1, 0.15) is 35.2 Å². The van der Waals surface area contributed by atoms with Crippen molar-refractivity contribution in [2.75, 3.05) is 34.5 Å². The minimum atomic E-state index is -0.118. The topological polar surface area (TPSA) is 60.0 Å². The number of carbonyl (C=O) groups is 1. The largest absolute Gasteiger partial charge is 0.493 e. The normalized spacial score (nSPS) is 17.2. The van der Waals surface area contributed by atoms with E-state index in [2.05, 4.69) is 53.5 Å². The molecular weight excluding hydrogens is 380 g/mol. The molecule has 30 heavy (non-hydrogen) atoms. The van der Waals surface area contributed by atoms with E-state index in [1.807, 2.05) is 6.92 Å². The molecule has 6 nitrogen and oxygen atoms in total. The van der Waals surface area contributed by atoms with Crippen molar-refractivity contribution in [1.82, 2.24) is 10.2 Å². The number of ether oxygens (including phenoxy) is 3. The molecule has 1 amide bonds. The smallest absolute Gasteiger partial charge is 0.246 e. The lowest BCUT2D eigenvalue weighted by Gasteiger charge is -2.41. The van der Waals surface area contributed by atoms with Crippen LogP contribution >= 0.6 is 0 Å². The van der Waals surface area contributed by atoms with E-state index in [-0.39, 0.29) is 24.6 Å². The summed E-state index contributed by atoms with van der Waals surface area (Å²) in [6, 6.07) is 12.6. The fraction of sp³-hybridized carbons (Fsp3) is 0.458. The van der Waals surface area contributed by atoms with E-state index in [1.165, 1.54) is 23.8 Å². The highest BCUT2D eigenvalue weighted by atomic mass is 16.5. The minimum absolute atomic E-state index is 0.00988. The van der Waals surface area contributed by atoms with Crippen LogP contribution in [-0.4, -0.2) is 51.3 Å². The number of carbonyl (C=O) groups excluding carboxylic acids is 1. The van der Waals surface area contributed by atoms with Gasteiger partial charge in [-0.25, -0.2) is 0 Å². The Morgan fingerprint density at radius 3 is 2.43 bits per heavy atom. The molecule has 1 aliphatic heterocycles. The number of rotatable bonds is 8. The van der Waals surface area contributed by atoms with Crippen LogP contribution in [0.5, 0.6) is 11.5 Å². The molecule has 2 aromatic carbocycles. The van der Waals surface area contributed by atoms with Gasteiger partial charge in [-0.2, -0.15) is 0 Å². The molecule has 0 saturated heterocycles. The predicted octanol–water partition coefficient (Wildman–Crippen LogP) is 3.26. The van der Waals surface area contributed by atoms with Gasteiger partial charge in [0.1, 0.15) is 6.61 Å². The molecule has 0 spiro atoms. The number of methoxy groups -OCH3 is 3. The Bertz CT molecular complexity index is 866. The number of nitrogens with one attached hydrogen (secondary N) is 1. The SMILES string of the molecule is COCC(=O)N[C@@H](C)[C@@H]1c2cc(OC)c(OC)cc2CCN1Cc1ccc(C)cc1. The average Bonchev–Trinajstić information content (AvgIpc) is 2.74. The van der Waals surface area contributed by atoms with Crippen molar-refractivity contribution < 1.29 is 19.0 Å². The van der Waals surface area contributed by atoms with Crippen LogP contribution in [0.3, 0.4) is 0 Å². The number of fused-ring (bicyclic) bond motifs is 1. The van der Waals surface area contributed by atoms with Crippen LogP contribution in [0, 0.1) is 6.92 Å². The molecule has 2 aromatic rings. The van der Waals surface area contributed by atoms with Gasteiger partial charge in [-0.1, -0.05) is 29.8 Å².